The van der Waals surface area contributed by atoms with Gasteiger partial charge in [-0.15, -0.1) is 21.5 Å². The predicted octanol–water partition coefficient (Wildman–Crippen LogP) is 3.11. The smallest absolute Gasteiger partial charge is 0.191 e. The van der Waals surface area contributed by atoms with E-state index in [0.29, 0.717) is 24.6 Å². The Morgan fingerprint density at radius 1 is 1.21 bits per heavy atom. The summed E-state index contributed by atoms with van der Waals surface area (Å²) >= 11 is 1.74. The molecule has 0 saturated carbocycles. The molecule has 3 aromatic rings. The van der Waals surface area contributed by atoms with Gasteiger partial charge in [-0.1, -0.05) is 18.2 Å². The van der Waals surface area contributed by atoms with Crippen LogP contribution in [0.4, 0.5) is 4.39 Å². The molecule has 28 heavy (non-hydrogen) atoms. The fourth-order valence-corrected chi connectivity index (χ4v) is 3.32. The maximum absolute atomic E-state index is 13.8. The Labute approximate surface area is 168 Å². The van der Waals surface area contributed by atoms with Gasteiger partial charge in [-0.25, -0.2) is 9.38 Å². The highest BCUT2D eigenvalue weighted by molar-refractivity contribution is 7.09. The number of benzene rings is 1. The normalized spacial score (nSPS) is 11.6. The van der Waals surface area contributed by atoms with E-state index in [2.05, 4.69) is 43.3 Å². The number of hydrogen-bond acceptors (Lipinski definition) is 4. The zero-order chi connectivity index (χ0) is 19.9. The average Bonchev–Trinajstić information content (AvgIpc) is 3.31. The molecule has 3 rings (SSSR count). The quantitative estimate of drug-likeness (QED) is 0.472. The predicted molar refractivity (Wildman–Crippen MR) is 111 cm³/mol. The lowest BCUT2D eigenvalue weighted by Gasteiger charge is -2.12. The molecule has 0 aliphatic rings. The maximum atomic E-state index is 13.8. The molecule has 0 amide bonds. The first-order valence-corrected chi connectivity index (χ1v) is 10.1. The Morgan fingerprint density at radius 3 is 2.75 bits per heavy atom. The van der Waals surface area contributed by atoms with E-state index >= 15 is 0 Å². The Morgan fingerprint density at radius 2 is 2.07 bits per heavy atom. The molecule has 2 aromatic heterocycles. The number of aromatic nitrogens is 3. The lowest BCUT2D eigenvalue weighted by Crippen LogP contribution is -2.38. The van der Waals surface area contributed by atoms with Crippen molar-refractivity contribution in [3.05, 3.63) is 69.2 Å². The molecular weight excluding hydrogens is 375 g/mol. The van der Waals surface area contributed by atoms with Crippen LogP contribution in [0.2, 0.25) is 0 Å². The van der Waals surface area contributed by atoms with Crippen molar-refractivity contribution in [2.75, 3.05) is 6.54 Å². The average molecular weight is 401 g/mol. The van der Waals surface area contributed by atoms with Crippen LogP contribution in [-0.4, -0.2) is 27.3 Å². The van der Waals surface area contributed by atoms with Gasteiger partial charge < -0.3 is 15.2 Å². The monoisotopic (exact) mass is 400 g/mol. The summed E-state index contributed by atoms with van der Waals surface area (Å²) in [6.45, 7) is 5.32. The minimum absolute atomic E-state index is 0.206. The molecule has 8 heteroatoms. The first-order chi connectivity index (χ1) is 13.5. The second kappa shape index (κ2) is 9.45. The van der Waals surface area contributed by atoms with Crippen LogP contribution in [0.15, 0.2) is 40.7 Å². The van der Waals surface area contributed by atoms with Crippen molar-refractivity contribution >= 4 is 17.3 Å². The van der Waals surface area contributed by atoms with Crippen molar-refractivity contribution in [2.45, 2.75) is 33.4 Å². The molecule has 0 aliphatic carbocycles. The summed E-state index contributed by atoms with van der Waals surface area (Å²) in [6, 6.07) is 9.38. The van der Waals surface area contributed by atoms with Gasteiger partial charge in [-0.05, 0) is 48.9 Å². The van der Waals surface area contributed by atoms with E-state index in [1.807, 2.05) is 24.6 Å². The van der Waals surface area contributed by atoms with Gasteiger partial charge in [0.25, 0.3) is 0 Å². The van der Waals surface area contributed by atoms with Crippen LogP contribution in [0.1, 0.15) is 27.7 Å². The Kier molecular flexibility index (Phi) is 6.76. The molecule has 0 saturated heterocycles. The van der Waals surface area contributed by atoms with E-state index in [4.69, 9.17) is 0 Å². The van der Waals surface area contributed by atoms with Gasteiger partial charge in [-0.3, -0.25) is 0 Å². The minimum Gasteiger partial charge on any atom is -0.356 e. The van der Waals surface area contributed by atoms with E-state index < -0.39 is 0 Å². The Hall–Kier alpha value is -2.74. The van der Waals surface area contributed by atoms with Crippen LogP contribution in [0, 0.1) is 19.7 Å². The van der Waals surface area contributed by atoms with Gasteiger partial charge in [0, 0.05) is 18.5 Å². The minimum atomic E-state index is -0.206. The summed E-state index contributed by atoms with van der Waals surface area (Å²) < 4.78 is 15.7. The number of aryl methyl sites for hydroxylation is 2. The summed E-state index contributed by atoms with van der Waals surface area (Å²) in [5, 5.41) is 17.0. The van der Waals surface area contributed by atoms with E-state index in [1.165, 1.54) is 10.9 Å². The summed E-state index contributed by atoms with van der Waals surface area (Å²) in [5.41, 5.74) is 1.47. The van der Waals surface area contributed by atoms with Crippen LogP contribution in [0.3, 0.4) is 0 Å². The third kappa shape index (κ3) is 5.39. The molecule has 0 spiro atoms. The molecule has 148 valence electrons. The van der Waals surface area contributed by atoms with Crippen LogP contribution in [-0.2, 0) is 26.6 Å². The topological polar surface area (TPSA) is 67.1 Å². The van der Waals surface area contributed by atoms with Crippen molar-refractivity contribution in [2.24, 2.45) is 12.0 Å². The molecule has 0 fully saturated rings. The molecular formula is C20H25FN6S. The van der Waals surface area contributed by atoms with Gasteiger partial charge in [0.2, 0.25) is 0 Å². The van der Waals surface area contributed by atoms with Gasteiger partial charge in [0.15, 0.2) is 11.8 Å². The van der Waals surface area contributed by atoms with Crippen LogP contribution >= 0.6 is 11.3 Å². The number of rotatable bonds is 7. The molecule has 6 nitrogen and oxygen atoms in total. The largest absolute Gasteiger partial charge is 0.356 e. The number of nitrogens with one attached hydrogen (secondary N) is 2. The summed E-state index contributed by atoms with van der Waals surface area (Å²) in [5.74, 6) is 2.14. The maximum Gasteiger partial charge on any atom is 0.191 e. The zero-order valence-electron chi connectivity index (χ0n) is 16.4. The fourth-order valence-electron chi connectivity index (χ4n) is 2.61. The summed E-state index contributed by atoms with van der Waals surface area (Å²) in [4.78, 5) is 5.92. The number of halogens is 1. The van der Waals surface area contributed by atoms with E-state index in [9.17, 15) is 4.39 Å². The lowest BCUT2D eigenvalue weighted by molar-refractivity contribution is 0.616. The Bertz CT molecular complexity index is 932. The van der Waals surface area contributed by atoms with Gasteiger partial charge in [0.05, 0.1) is 13.1 Å². The third-order valence-electron chi connectivity index (χ3n) is 4.50. The molecule has 2 N–H and O–H groups in total. The molecule has 0 bridgehead atoms. The third-order valence-corrected chi connectivity index (χ3v) is 5.43. The SMILES string of the molecule is Cc1ccc(CN=C(NCCc2cccs2)NCc2nnc(C)n2C)cc1F. The summed E-state index contributed by atoms with van der Waals surface area (Å²) in [6.07, 6.45) is 0.917. The molecule has 0 aliphatic heterocycles. The van der Waals surface area contributed by atoms with Crippen LogP contribution in [0.5, 0.6) is 0 Å². The number of thiophene rings is 1. The van der Waals surface area contributed by atoms with Gasteiger partial charge in [-0.2, -0.15) is 0 Å². The van der Waals surface area contributed by atoms with Crippen molar-refractivity contribution in [3.8, 4) is 0 Å². The second-order valence-corrected chi connectivity index (χ2v) is 7.61. The van der Waals surface area contributed by atoms with E-state index in [-0.39, 0.29) is 5.82 Å². The highest BCUT2D eigenvalue weighted by Gasteiger charge is 2.07. The highest BCUT2D eigenvalue weighted by Crippen LogP contribution is 2.10. The number of nitrogens with zero attached hydrogens (tertiary/aromatic N) is 4. The van der Waals surface area contributed by atoms with Gasteiger partial charge in [0.1, 0.15) is 11.6 Å². The first-order valence-electron chi connectivity index (χ1n) is 9.17. The van der Waals surface area contributed by atoms with Crippen molar-refractivity contribution in [3.63, 3.8) is 0 Å². The first kappa shape index (κ1) is 20.0. The number of hydrogen-bond donors (Lipinski definition) is 2. The van der Waals surface area contributed by atoms with Crippen molar-refractivity contribution < 1.29 is 4.39 Å². The molecule has 0 unspecified atom stereocenters. The lowest BCUT2D eigenvalue weighted by atomic mass is 10.1. The standard InChI is InChI=1S/C20H25FN6S/c1-14-6-7-16(11-18(14)21)12-23-20(22-9-8-17-5-4-10-28-17)24-13-19-26-25-15(2)27(19)3/h4-7,10-11H,8-9,12-13H2,1-3H3,(H2,22,23,24). The van der Waals surface area contributed by atoms with Crippen molar-refractivity contribution in [1.82, 2.24) is 25.4 Å². The summed E-state index contributed by atoms with van der Waals surface area (Å²) in [7, 11) is 1.93. The highest BCUT2D eigenvalue weighted by atomic mass is 32.1. The van der Waals surface area contributed by atoms with Crippen LogP contribution in [0.25, 0.3) is 0 Å². The molecule has 0 radical (unpaired) electrons. The Balaban J connectivity index is 1.64. The number of aliphatic imine (C=N–C) groups is 1. The van der Waals surface area contributed by atoms with E-state index in [0.717, 1.165) is 30.2 Å². The van der Waals surface area contributed by atoms with Gasteiger partial charge >= 0.3 is 0 Å². The fraction of sp³-hybridized carbons (Fsp3) is 0.350. The molecule has 1 aromatic carbocycles. The number of guanidine groups is 1. The van der Waals surface area contributed by atoms with Crippen molar-refractivity contribution in [1.29, 1.82) is 0 Å². The molecule has 2 heterocycles. The van der Waals surface area contributed by atoms with E-state index in [1.54, 1.807) is 24.3 Å². The zero-order valence-corrected chi connectivity index (χ0v) is 17.2. The second-order valence-electron chi connectivity index (χ2n) is 6.58. The molecule has 0 atom stereocenters. The van der Waals surface area contributed by atoms with Crippen LogP contribution < -0.4 is 10.6 Å².